The van der Waals surface area contributed by atoms with Crippen molar-refractivity contribution in [1.82, 2.24) is 9.78 Å². The maximum atomic E-state index is 13.8. The first-order valence-corrected chi connectivity index (χ1v) is 7.08. The van der Waals surface area contributed by atoms with E-state index in [1.807, 2.05) is 23.0 Å². The van der Waals surface area contributed by atoms with Gasteiger partial charge in [0, 0.05) is 23.7 Å². The van der Waals surface area contributed by atoms with Crippen LogP contribution >= 0.6 is 0 Å². The van der Waals surface area contributed by atoms with Crippen LogP contribution < -0.4 is 0 Å². The number of halogens is 1. The fourth-order valence-electron chi connectivity index (χ4n) is 2.58. The number of rotatable bonds is 4. The zero-order chi connectivity index (χ0) is 14.8. The molecular formula is C17H17FN2O. The van der Waals surface area contributed by atoms with Crippen molar-refractivity contribution in [3.63, 3.8) is 0 Å². The lowest BCUT2D eigenvalue weighted by Gasteiger charge is -2.12. The van der Waals surface area contributed by atoms with Crippen LogP contribution in [0.25, 0.3) is 10.8 Å². The maximum absolute atomic E-state index is 13.8. The molecular weight excluding hydrogens is 267 g/mol. The fraction of sp³-hybridized carbons (Fsp3) is 0.235. The van der Waals surface area contributed by atoms with Crippen molar-refractivity contribution in [2.45, 2.75) is 26.0 Å². The normalized spacial score (nSPS) is 12.7. The molecule has 0 saturated carbocycles. The summed E-state index contributed by atoms with van der Waals surface area (Å²) >= 11 is 0. The van der Waals surface area contributed by atoms with Gasteiger partial charge in [0.1, 0.15) is 11.9 Å². The Morgan fingerprint density at radius 3 is 2.71 bits per heavy atom. The number of aromatic nitrogens is 2. The third-order valence-corrected chi connectivity index (χ3v) is 3.62. The molecule has 0 aliphatic heterocycles. The summed E-state index contributed by atoms with van der Waals surface area (Å²) in [5.74, 6) is -0.275. The lowest BCUT2D eigenvalue weighted by molar-refractivity contribution is 0.221. The van der Waals surface area contributed by atoms with Crippen molar-refractivity contribution in [2.75, 3.05) is 0 Å². The number of fused-ring (bicyclic) bond motifs is 1. The van der Waals surface area contributed by atoms with Gasteiger partial charge in [0.05, 0.1) is 6.20 Å². The predicted molar refractivity (Wildman–Crippen MR) is 80.5 cm³/mol. The molecule has 0 fully saturated rings. The van der Waals surface area contributed by atoms with E-state index in [2.05, 4.69) is 12.0 Å². The molecule has 0 bridgehead atoms. The van der Waals surface area contributed by atoms with Crippen LogP contribution in [0.4, 0.5) is 4.39 Å². The van der Waals surface area contributed by atoms with E-state index in [1.54, 1.807) is 24.4 Å². The van der Waals surface area contributed by atoms with Gasteiger partial charge in [0.2, 0.25) is 0 Å². The Morgan fingerprint density at radius 1 is 1.19 bits per heavy atom. The summed E-state index contributed by atoms with van der Waals surface area (Å²) in [5.41, 5.74) is 1.42. The number of hydrogen-bond donors (Lipinski definition) is 1. The Hall–Kier alpha value is -2.20. The Balaban J connectivity index is 2.04. The van der Waals surface area contributed by atoms with E-state index < -0.39 is 6.10 Å². The molecule has 0 aliphatic rings. The minimum Gasteiger partial charge on any atom is -0.384 e. The number of hydrogen-bond acceptors (Lipinski definition) is 2. The molecule has 3 rings (SSSR count). The summed E-state index contributed by atoms with van der Waals surface area (Å²) in [5, 5.41) is 16.1. The molecule has 0 spiro atoms. The SMILES string of the molecule is CCCn1cc(C(O)c2ccc(F)c3ccccc23)cn1. The molecule has 0 saturated heterocycles. The van der Waals surface area contributed by atoms with Gasteiger partial charge in [-0.05, 0) is 23.4 Å². The van der Waals surface area contributed by atoms with Crippen LogP contribution in [0.15, 0.2) is 48.8 Å². The second-order valence-corrected chi connectivity index (χ2v) is 5.12. The average molecular weight is 284 g/mol. The maximum Gasteiger partial charge on any atom is 0.131 e. The van der Waals surface area contributed by atoms with E-state index in [0.29, 0.717) is 10.9 Å². The lowest BCUT2D eigenvalue weighted by Crippen LogP contribution is -2.01. The molecule has 1 atom stereocenters. The first-order valence-electron chi connectivity index (χ1n) is 7.08. The quantitative estimate of drug-likeness (QED) is 0.794. The van der Waals surface area contributed by atoms with Crippen molar-refractivity contribution < 1.29 is 9.50 Å². The summed E-state index contributed by atoms with van der Waals surface area (Å²) in [6.45, 7) is 2.89. The van der Waals surface area contributed by atoms with E-state index >= 15 is 0 Å². The molecule has 1 heterocycles. The van der Waals surface area contributed by atoms with E-state index in [4.69, 9.17) is 0 Å². The van der Waals surface area contributed by atoms with Crippen molar-refractivity contribution in [3.05, 3.63) is 65.7 Å². The minimum atomic E-state index is -0.805. The Kier molecular flexibility index (Phi) is 3.71. The van der Waals surface area contributed by atoms with Gasteiger partial charge in [-0.15, -0.1) is 0 Å². The van der Waals surface area contributed by atoms with E-state index in [1.165, 1.54) is 6.07 Å². The molecule has 0 aliphatic carbocycles. The van der Waals surface area contributed by atoms with Crippen LogP contribution in [-0.2, 0) is 6.54 Å². The molecule has 1 N–H and O–H groups in total. The third-order valence-electron chi connectivity index (χ3n) is 3.62. The van der Waals surface area contributed by atoms with Crippen molar-refractivity contribution >= 4 is 10.8 Å². The van der Waals surface area contributed by atoms with Crippen LogP contribution in [0.1, 0.15) is 30.6 Å². The summed E-state index contributed by atoms with van der Waals surface area (Å²) in [4.78, 5) is 0. The number of benzene rings is 2. The van der Waals surface area contributed by atoms with Gasteiger partial charge in [-0.25, -0.2) is 4.39 Å². The highest BCUT2D eigenvalue weighted by Crippen LogP contribution is 2.30. The third kappa shape index (κ3) is 2.54. The largest absolute Gasteiger partial charge is 0.384 e. The standard InChI is InChI=1S/C17H17FN2O/c1-2-9-20-11-12(10-19-20)17(21)15-7-8-16(18)14-6-4-3-5-13(14)15/h3-8,10-11,17,21H,2,9H2,1H3. The molecule has 0 amide bonds. The van der Waals surface area contributed by atoms with Gasteiger partial charge >= 0.3 is 0 Å². The molecule has 1 aromatic heterocycles. The molecule has 2 aromatic carbocycles. The highest BCUT2D eigenvalue weighted by molar-refractivity contribution is 5.86. The molecule has 3 nitrogen and oxygen atoms in total. The molecule has 21 heavy (non-hydrogen) atoms. The van der Waals surface area contributed by atoms with E-state index in [-0.39, 0.29) is 5.82 Å². The van der Waals surface area contributed by atoms with Crippen LogP contribution in [0, 0.1) is 5.82 Å². The van der Waals surface area contributed by atoms with Crippen LogP contribution in [0.3, 0.4) is 0 Å². The minimum absolute atomic E-state index is 0.275. The van der Waals surface area contributed by atoms with Gasteiger partial charge in [0.15, 0.2) is 0 Å². The number of aliphatic hydroxyl groups is 1. The first-order chi connectivity index (χ1) is 10.2. The number of nitrogens with zero attached hydrogens (tertiary/aromatic N) is 2. The van der Waals surface area contributed by atoms with Crippen molar-refractivity contribution in [2.24, 2.45) is 0 Å². The highest BCUT2D eigenvalue weighted by Gasteiger charge is 2.16. The summed E-state index contributed by atoms with van der Waals surface area (Å²) in [6.07, 6.45) is 3.68. The second-order valence-electron chi connectivity index (χ2n) is 5.12. The molecule has 4 heteroatoms. The second kappa shape index (κ2) is 5.66. The predicted octanol–water partition coefficient (Wildman–Crippen LogP) is 3.67. The van der Waals surface area contributed by atoms with Crippen molar-refractivity contribution in [1.29, 1.82) is 0 Å². The first kappa shape index (κ1) is 13.8. The zero-order valence-electron chi connectivity index (χ0n) is 11.8. The number of aliphatic hydroxyl groups excluding tert-OH is 1. The summed E-state index contributed by atoms with van der Waals surface area (Å²) in [7, 11) is 0. The molecule has 3 aromatic rings. The Bertz CT molecular complexity index is 766. The molecule has 0 radical (unpaired) electrons. The van der Waals surface area contributed by atoms with Gasteiger partial charge < -0.3 is 5.11 Å². The molecule has 1 unspecified atom stereocenters. The smallest absolute Gasteiger partial charge is 0.131 e. The topological polar surface area (TPSA) is 38.0 Å². The van der Waals surface area contributed by atoms with Crippen LogP contribution in [-0.4, -0.2) is 14.9 Å². The highest BCUT2D eigenvalue weighted by atomic mass is 19.1. The Labute approximate surface area is 122 Å². The van der Waals surface area contributed by atoms with Crippen molar-refractivity contribution in [3.8, 4) is 0 Å². The summed E-state index contributed by atoms with van der Waals surface area (Å²) < 4.78 is 15.6. The monoisotopic (exact) mass is 284 g/mol. The van der Waals surface area contributed by atoms with E-state index in [0.717, 1.165) is 23.9 Å². The van der Waals surface area contributed by atoms with Gasteiger partial charge in [-0.2, -0.15) is 5.10 Å². The fourth-order valence-corrected chi connectivity index (χ4v) is 2.58. The number of aryl methyl sites for hydroxylation is 1. The van der Waals surface area contributed by atoms with Gasteiger partial charge in [-0.1, -0.05) is 37.3 Å². The van der Waals surface area contributed by atoms with Gasteiger partial charge in [-0.3, -0.25) is 4.68 Å². The summed E-state index contributed by atoms with van der Waals surface area (Å²) in [6, 6.07) is 10.2. The van der Waals surface area contributed by atoms with E-state index in [9.17, 15) is 9.50 Å². The average Bonchev–Trinajstić information content (AvgIpc) is 2.96. The van der Waals surface area contributed by atoms with Crippen LogP contribution in [0.5, 0.6) is 0 Å². The Morgan fingerprint density at radius 2 is 1.95 bits per heavy atom. The lowest BCUT2D eigenvalue weighted by atomic mass is 9.97. The van der Waals surface area contributed by atoms with Gasteiger partial charge in [0.25, 0.3) is 0 Å². The zero-order valence-corrected chi connectivity index (χ0v) is 11.8. The van der Waals surface area contributed by atoms with Crippen LogP contribution in [0.2, 0.25) is 0 Å². The molecule has 108 valence electrons.